The van der Waals surface area contributed by atoms with Crippen LogP contribution in [0, 0.1) is 10.1 Å². The number of aliphatic hydroxyl groups is 2. The summed E-state index contributed by atoms with van der Waals surface area (Å²) in [4.78, 5) is 10.1. The number of benzene rings is 2. The molecule has 3 N–H and O–H groups in total. The van der Waals surface area contributed by atoms with Crippen molar-refractivity contribution < 1.29 is 15.1 Å². The highest BCUT2D eigenvalue weighted by Crippen LogP contribution is 2.23. The molecule has 2 unspecified atom stereocenters. The number of nitro groups is 1. The molecule has 0 aliphatic carbocycles. The summed E-state index contributed by atoms with van der Waals surface area (Å²) in [6.07, 6.45) is -1.02. The SMILES string of the molecule is O=[N+]([O-])c1ccc(C(O)C(CO)NCc2ccc(Cl)c(Cl)c2)cc1. The molecule has 24 heavy (non-hydrogen) atoms. The Labute approximate surface area is 148 Å². The number of hydrogen-bond donors (Lipinski definition) is 3. The molecular formula is C16H16Cl2N2O4. The fraction of sp³-hybridized carbons (Fsp3) is 0.250. The minimum absolute atomic E-state index is 0.0599. The molecule has 0 amide bonds. The van der Waals surface area contributed by atoms with Gasteiger partial charge in [-0.2, -0.15) is 0 Å². The molecule has 0 fully saturated rings. The van der Waals surface area contributed by atoms with Gasteiger partial charge in [-0.05, 0) is 35.4 Å². The van der Waals surface area contributed by atoms with E-state index in [1.807, 2.05) is 0 Å². The molecule has 2 aromatic rings. The Morgan fingerprint density at radius 3 is 2.33 bits per heavy atom. The predicted molar refractivity (Wildman–Crippen MR) is 92.2 cm³/mol. The first-order valence-electron chi connectivity index (χ1n) is 7.13. The number of nitrogens with one attached hydrogen (secondary N) is 1. The third kappa shape index (κ3) is 4.66. The highest BCUT2D eigenvalue weighted by molar-refractivity contribution is 6.42. The van der Waals surface area contributed by atoms with Gasteiger partial charge in [-0.25, -0.2) is 0 Å². The van der Waals surface area contributed by atoms with Crippen molar-refractivity contribution in [3.63, 3.8) is 0 Å². The Morgan fingerprint density at radius 2 is 1.79 bits per heavy atom. The van der Waals surface area contributed by atoms with Crippen LogP contribution in [-0.2, 0) is 6.54 Å². The average molecular weight is 371 g/mol. The maximum Gasteiger partial charge on any atom is 0.269 e. The summed E-state index contributed by atoms with van der Waals surface area (Å²) in [7, 11) is 0. The number of nitrogens with zero attached hydrogens (tertiary/aromatic N) is 1. The molecule has 2 rings (SSSR count). The molecule has 0 saturated carbocycles. The lowest BCUT2D eigenvalue weighted by atomic mass is 10.0. The molecule has 2 aromatic carbocycles. The van der Waals surface area contributed by atoms with Crippen molar-refractivity contribution in [1.29, 1.82) is 0 Å². The smallest absolute Gasteiger partial charge is 0.269 e. The maximum absolute atomic E-state index is 10.7. The van der Waals surface area contributed by atoms with Crippen molar-refractivity contribution in [2.75, 3.05) is 6.61 Å². The second-order valence-electron chi connectivity index (χ2n) is 5.21. The van der Waals surface area contributed by atoms with Crippen LogP contribution in [0.4, 0.5) is 5.69 Å². The average Bonchev–Trinajstić information content (AvgIpc) is 2.58. The summed E-state index contributed by atoms with van der Waals surface area (Å²) >= 11 is 11.8. The molecular weight excluding hydrogens is 355 g/mol. The molecule has 0 bridgehead atoms. The Bertz CT molecular complexity index is 710. The zero-order valence-corrected chi connectivity index (χ0v) is 14.0. The molecule has 0 aliphatic heterocycles. The summed E-state index contributed by atoms with van der Waals surface area (Å²) < 4.78 is 0. The van der Waals surface area contributed by atoms with Crippen LogP contribution in [-0.4, -0.2) is 27.8 Å². The van der Waals surface area contributed by atoms with Gasteiger partial charge in [0.1, 0.15) is 0 Å². The third-order valence-corrected chi connectivity index (χ3v) is 4.31. The summed E-state index contributed by atoms with van der Waals surface area (Å²) in [5.41, 5.74) is 1.26. The summed E-state index contributed by atoms with van der Waals surface area (Å²) in [6, 6.07) is 10.1. The van der Waals surface area contributed by atoms with Gasteiger partial charge in [-0.3, -0.25) is 10.1 Å². The van der Waals surface area contributed by atoms with E-state index in [1.54, 1.807) is 18.2 Å². The summed E-state index contributed by atoms with van der Waals surface area (Å²) in [5, 5.41) is 34.4. The monoisotopic (exact) mass is 370 g/mol. The van der Waals surface area contributed by atoms with E-state index in [9.17, 15) is 20.3 Å². The van der Waals surface area contributed by atoms with Crippen molar-refractivity contribution in [3.05, 3.63) is 73.8 Å². The predicted octanol–water partition coefficient (Wildman–Crippen LogP) is 3.09. The zero-order valence-electron chi connectivity index (χ0n) is 12.5. The molecule has 0 radical (unpaired) electrons. The van der Waals surface area contributed by atoms with E-state index < -0.39 is 17.1 Å². The van der Waals surface area contributed by atoms with Crippen LogP contribution in [0.25, 0.3) is 0 Å². The molecule has 128 valence electrons. The standard InChI is InChI=1S/C16H16Cl2N2O4/c17-13-6-1-10(7-14(13)18)8-19-15(9-21)16(22)11-2-4-12(5-3-11)20(23)24/h1-7,15-16,19,21-22H,8-9H2. The second-order valence-corrected chi connectivity index (χ2v) is 6.03. The van der Waals surface area contributed by atoms with Gasteiger partial charge in [0.25, 0.3) is 5.69 Å². The highest BCUT2D eigenvalue weighted by Gasteiger charge is 2.20. The van der Waals surface area contributed by atoms with E-state index in [0.717, 1.165) is 5.56 Å². The number of non-ortho nitro benzene ring substituents is 1. The van der Waals surface area contributed by atoms with Crippen molar-refractivity contribution in [3.8, 4) is 0 Å². The minimum Gasteiger partial charge on any atom is -0.395 e. The zero-order chi connectivity index (χ0) is 17.7. The topological polar surface area (TPSA) is 95.6 Å². The molecule has 0 spiro atoms. The Balaban J connectivity index is 2.03. The normalized spacial score (nSPS) is 13.5. The first-order chi connectivity index (χ1) is 11.4. The number of rotatable bonds is 7. The molecule has 0 aromatic heterocycles. The van der Waals surface area contributed by atoms with Crippen LogP contribution in [0.3, 0.4) is 0 Å². The van der Waals surface area contributed by atoms with E-state index in [-0.39, 0.29) is 12.3 Å². The van der Waals surface area contributed by atoms with E-state index in [4.69, 9.17) is 23.2 Å². The third-order valence-electron chi connectivity index (χ3n) is 3.58. The van der Waals surface area contributed by atoms with Gasteiger partial charge in [0.2, 0.25) is 0 Å². The first kappa shape index (κ1) is 18.6. The van der Waals surface area contributed by atoms with Crippen LogP contribution in [0.15, 0.2) is 42.5 Å². The van der Waals surface area contributed by atoms with Crippen LogP contribution in [0.2, 0.25) is 10.0 Å². The van der Waals surface area contributed by atoms with Crippen molar-refractivity contribution >= 4 is 28.9 Å². The summed E-state index contributed by atoms with van der Waals surface area (Å²) in [6.45, 7) is 0.0611. The lowest BCUT2D eigenvalue weighted by Gasteiger charge is -2.22. The fourth-order valence-electron chi connectivity index (χ4n) is 2.20. The Kier molecular flexibility index (Phi) is 6.53. The molecule has 0 saturated heterocycles. The van der Waals surface area contributed by atoms with Gasteiger partial charge in [-0.15, -0.1) is 0 Å². The molecule has 0 heterocycles. The van der Waals surface area contributed by atoms with Gasteiger partial charge >= 0.3 is 0 Å². The van der Waals surface area contributed by atoms with Crippen molar-refractivity contribution in [2.24, 2.45) is 0 Å². The van der Waals surface area contributed by atoms with E-state index in [0.29, 0.717) is 22.2 Å². The van der Waals surface area contributed by atoms with E-state index in [2.05, 4.69) is 5.32 Å². The van der Waals surface area contributed by atoms with Gasteiger partial charge in [0, 0.05) is 18.7 Å². The lowest BCUT2D eigenvalue weighted by molar-refractivity contribution is -0.384. The molecule has 0 aliphatic rings. The van der Waals surface area contributed by atoms with Crippen molar-refractivity contribution in [1.82, 2.24) is 5.32 Å². The van der Waals surface area contributed by atoms with Crippen LogP contribution in [0.5, 0.6) is 0 Å². The lowest BCUT2D eigenvalue weighted by Crippen LogP contribution is -2.37. The van der Waals surface area contributed by atoms with Crippen molar-refractivity contribution in [2.45, 2.75) is 18.7 Å². The number of aliphatic hydroxyl groups excluding tert-OH is 2. The number of hydrogen-bond acceptors (Lipinski definition) is 5. The molecule has 8 heteroatoms. The Hall–Kier alpha value is -1.70. The minimum atomic E-state index is -1.02. The van der Waals surface area contributed by atoms with E-state index in [1.165, 1.54) is 24.3 Å². The largest absolute Gasteiger partial charge is 0.395 e. The van der Waals surface area contributed by atoms with Crippen LogP contribution >= 0.6 is 23.2 Å². The second kappa shape index (κ2) is 8.41. The van der Waals surface area contributed by atoms with Gasteiger partial charge < -0.3 is 15.5 Å². The highest BCUT2D eigenvalue weighted by atomic mass is 35.5. The van der Waals surface area contributed by atoms with Gasteiger partial charge in [-0.1, -0.05) is 29.3 Å². The van der Waals surface area contributed by atoms with Crippen LogP contribution in [0.1, 0.15) is 17.2 Å². The maximum atomic E-state index is 10.7. The quantitative estimate of drug-likeness (QED) is 0.514. The summed E-state index contributed by atoms with van der Waals surface area (Å²) in [5.74, 6) is 0. The molecule has 2 atom stereocenters. The van der Waals surface area contributed by atoms with E-state index >= 15 is 0 Å². The van der Waals surface area contributed by atoms with Crippen LogP contribution < -0.4 is 5.32 Å². The number of nitro benzene ring substituents is 1. The fourth-order valence-corrected chi connectivity index (χ4v) is 2.52. The van der Waals surface area contributed by atoms with Gasteiger partial charge in [0.05, 0.1) is 33.7 Å². The molecule has 6 nitrogen and oxygen atoms in total. The Morgan fingerprint density at radius 1 is 1.12 bits per heavy atom. The number of halogens is 2. The first-order valence-corrected chi connectivity index (χ1v) is 7.88. The van der Waals surface area contributed by atoms with Gasteiger partial charge in [0.15, 0.2) is 0 Å².